The number of aryl methyl sites for hydroxylation is 2. The number of pyridine rings is 1. The molecule has 0 aliphatic heterocycles. The lowest BCUT2D eigenvalue weighted by molar-refractivity contribution is 0.414. The number of nitrogens with one attached hydrogen (secondary N) is 1. The second-order valence-corrected chi connectivity index (χ2v) is 6.68. The molecule has 0 radical (unpaired) electrons. The molecule has 1 N–H and O–H groups in total. The fraction of sp³-hybridized carbons (Fsp3) is 0.267. The van der Waals surface area contributed by atoms with Crippen molar-refractivity contribution in [1.82, 2.24) is 9.29 Å². The number of ether oxygens (including phenoxy) is 1. The second-order valence-electron chi connectivity index (χ2n) is 4.94. The standard InChI is InChI=1S/C15H18N2O4S/c1-11-8-13(21-3)5-6-14(11)22(19,20)16-9-12-4-7-15(18)17(2)10-12/h4-8,10,16H,9H2,1-3H3. The van der Waals surface area contributed by atoms with Crippen molar-refractivity contribution in [3.63, 3.8) is 0 Å². The lowest BCUT2D eigenvalue weighted by Gasteiger charge is -2.11. The Morgan fingerprint density at radius 2 is 1.95 bits per heavy atom. The second kappa shape index (κ2) is 6.33. The molecule has 7 heteroatoms. The summed E-state index contributed by atoms with van der Waals surface area (Å²) in [5.41, 5.74) is 1.17. The van der Waals surface area contributed by atoms with Crippen LogP contribution in [0.5, 0.6) is 5.75 Å². The lowest BCUT2D eigenvalue weighted by atomic mass is 10.2. The smallest absolute Gasteiger partial charge is 0.250 e. The lowest BCUT2D eigenvalue weighted by Crippen LogP contribution is -2.25. The maximum absolute atomic E-state index is 12.4. The molecule has 2 rings (SSSR count). The number of sulfonamides is 1. The summed E-state index contributed by atoms with van der Waals surface area (Å²) in [7, 11) is -0.482. The summed E-state index contributed by atoms with van der Waals surface area (Å²) in [4.78, 5) is 11.5. The highest BCUT2D eigenvalue weighted by Crippen LogP contribution is 2.20. The maximum atomic E-state index is 12.4. The fourth-order valence-electron chi connectivity index (χ4n) is 2.06. The third-order valence-electron chi connectivity index (χ3n) is 3.29. The van der Waals surface area contributed by atoms with Gasteiger partial charge in [0.05, 0.1) is 12.0 Å². The average molecular weight is 322 g/mol. The number of hydrogen-bond acceptors (Lipinski definition) is 4. The Morgan fingerprint density at radius 1 is 1.23 bits per heavy atom. The van der Waals surface area contributed by atoms with E-state index in [1.807, 2.05) is 0 Å². The predicted molar refractivity (Wildman–Crippen MR) is 83.4 cm³/mol. The highest BCUT2D eigenvalue weighted by molar-refractivity contribution is 7.89. The van der Waals surface area contributed by atoms with Gasteiger partial charge >= 0.3 is 0 Å². The van der Waals surface area contributed by atoms with Gasteiger partial charge in [0.25, 0.3) is 0 Å². The van der Waals surface area contributed by atoms with Crippen LogP contribution in [-0.2, 0) is 23.6 Å². The number of hydrogen-bond donors (Lipinski definition) is 1. The number of rotatable bonds is 5. The van der Waals surface area contributed by atoms with Gasteiger partial charge < -0.3 is 9.30 Å². The van der Waals surface area contributed by atoms with E-state index < -0.39 is 10.0 Å². The maximum Gasteiger partial charge on any atom is 0.250 e. The summed E-state index contributed by atoms with van der Waals surface area (Å²) in [5.74, 6) is 0.606. The molecule has 0 aliphatic rings. The molecule has 1 aromatic carbocycles. The van der Waals surface area contributed by atoms with Crippen molar-refractivity contribution < 1.29 is 13.2 Å². The van der Waals surface area contributed by atoms with E-state index in [9.17, 15) is 13.2 Å². The summed E-state index contributed by atoms with van der Waals surface area (Å²) < 4.78 is 33.7. The summed E-state index contributed by atoms with van der Waals surface area (Å²) in [6.45, 7) is 1.82. The van der Waals surface area contributed by atoms with Gasteiger partial charge in [-0.1, -0.05) is 6.07 Å². The van der Waals surface area contributed by atoms with Gasteiger partial charge in [-0.05, 0) is 36.2 Å². The molecule has 1 aromatic heterocycles. The zero-order valence-electron chi connectivity index (χ0n) is 12.7. The van der Waals surface area contributed by atoms with Crippen molar-refractivity contribution in [2.45, 2.75) is 18.4 Å². The molecule has 0 aliphatic carbocycles. The molecule has 0 spiro atoms. The van der Waals surface area contributed by atoms with Crippen LogP contribution in [0.25, 0.3) is 0 Å². The van der Waals surface area contributed by atoms with Gasteiger partial charge in [-0.25, -0.2) is 13.1 Å². The Hall–Kier alpha value is -2.12. The van der Waals surface area contributed by atoms with Crippen LogP contribution in [0.2, 0.25) is 0 Å². The van der Waals surface area contributed by atoms with Gasteiger partial charge in [-0.15, -0.1) is 0 Å². The van der Waals surface area contributed by atoms with Gasteiger partial charge in [0.2, 0.25) is 15.6 Å². The van der Waals surface area contributed by atoms with Gasteiger partial charge in [0.15, 0.2) is 0 Å². The molecule has 0 saturated heterocycles. The molecule has 22 heavy (non-hydrogen) atoms. The molecule has 0 unspecified atom stereocenters. The van der Waals surface area contributed by atoms with E-state index in [0.717, 1.165) is 0 Å². The molecular weight excluding hydrogens is 304 g/mol. The van der Waals surface area contributed by atoms with Crippen LogP contribution in [0, 0.1) is 6.92 Å². The predicted octanol–water partition coefficient (Wildman–Crippen LogP) is 1.18. The summed E-state index contributed by atoms with van der Waals surface area (Å²) in [6.07, 6.45) is 1.60. The Bertz CT molecular complexity index is 841. The van der Waals surface area contributed by atoms with Gasteiger partial charge in [-0.3, -0.25) is 4.79 Å². The van der Waals surface area contributed by atoms with Crippen molar-refractivity contribution in [1.29, 1.82) is 0 Å². The Balaban J connectivity index is 2.20. The van der Waals surface area contributed by atoms with E-state index >= 15 is 0 Å². The van der Waals surface area contributed by atoms with E-state index in [1.54, 1.807) is 38.4 Å². The van der Waals surface area contributed by atoms with Crippen molar-refractivity contribution in [3.8, 4) is 5.75 Å². The van der Waals surface area contributed by atoms with Gasteiger partial charge in [-0.2, -0.15) is 0 Å². The molecular formula is C15H18N2O4S. The molecule has 2 aromatic rings. The SMILES string of the molecule is COc1ccc(S(=O)(=O)NCc2ccc(=O)n(C)c2)c(C)c1. The zero-order chi connectivity index (χ0) is 16.3. The summed E-state index contributed by atoms with van der Waals surface area (Å²) in [5, 5.41) is 0. The molecule has 1 heterocycles. The Morgan fingerprint density at radius 3 is 2.55 bits per heavy atom. The van der Waals surface area contributed by atoms with Crippen LogP contribution < -0.4 is 15.0 Å². The van der Waals surface area contributed by atoms with E-state index in [-0.39, 0.29) is 17.0 Å². The van der Waals surface area contributed by atoms with Crippen LogP contribution in [0.1, 0.15) is 11.1 Å². The van der Waals surface area contributed by atoms with Crippen molar-refractivity contribution >= 4 is 10.0 Å². The minimum Gasteiger partial charge on any atom is -0.497 e. The quantitative estimate of drug-likeness (QED) is 0.897. The summed E-state index contributed by atoms with van der Waals surface area (Å²) >= 11 is 0. The molecule has 118 valence electrons. The number of benzene rings is 1. The molecule has 0 fully saturated rings. The Labute approximate surface area is 129 Å². The first kappa shape index (κ1) is 16.3. The van der Waals surface area contributed by atoms with Gasteiger partial charge in [0.1, 0.15) is 5.75 Å². The van der Waals surface area contributed by atoms with Crippen LogP contribution in [0.3, 0.4) is 0 Å². The molecule has 0 saturated carbocycles. The van der Waals surface area contributed by atoms with Crippen LogP contribution >= 0.6 is 0 Å². The Kier molecular flexibility index (Phi) is 4.68. The van der Waals surface area contributed by atoms with Crippen LogP contribution in [0.15, 0.2) is 46.2 Å². The highest BCUT2D eigenvalue weighted by Gasteiger charge is 2.17. The minimum atomic E-state index is -3.63. The van der Waals surface area contributed by atoms with Crippen LogP contribution in [-0.4, -0.2) is 20.1 Å². The molecule has 0 bridgehead atoms. The van der Waals surface area contributed by atoms with Crippen molar-refractivity contribution in [2.24, 2.45) is 7.05 Å². The van der Waals surface area contributed by atoms with Crippen molar-refractivity contribution in [2.75, 3.05) is 7.11 Å². The number of methoxy groups -OCH3 is 1. The van der Waals surface area contributed by atoms with E-state index in [0.29, 0.717) is 16.9 Å². The minimum absolute atomic E-state index is 0.113. The fourth-order valence-corrected chi connectivity index (χ4v) is 3.30. The third-order valence-corrected chi connectivity index (χ3v) is 4.85. The largest absolute Gasteiger partial charge is 0.497 e. The van der Waals surface area contributed by atoms with Crippen LogP contribution in [0.4, 0.5) is 0 Å². The highest BCUT2D eigenvalue weighted by atomic mass is 32.2. The third kappa shape index (κ3) is 3.55. The topological polar surface area (TPSA) is 77.4 Å². The number of nitrogens with zero attached hydrogens (tertiary/aromatic N) is 1. The van der Waals surface area contributed by atoms with E-state index in [2.05, 4.69) is 4.72 Å². The zero-order valence-corrected chi connectivity index (χ0v) is 13.5. The molecule has 0 amide bonds. The number of aromatic nitrogens is 1. The average Bonchev–Trinajstić information content (AvgIpc) is 2.48. The molecule has 0 atom stereocenters. The van der Waals surface area contributed by atoms with E-state index in [1.165, 1.54) is 23.8 Å². The first-order valence-electron chi connectivity index (χ1n) is 6.63. The summed E-state index contributed by atoms with van der Waals surface area (Å²) in [6, 6.07) is 7.79. The normalized spacial score (nSPS) is 11.4. The first-order valence-corrected chi connectivity index (χ1v) is 8.11. The van der Waals surface area contributed by atoms with Gasteiger partial charge in [0, 0.05) is 25.9 Å². The monoisotopic (exact) mass is 322 g/mol. The van der Waals surface area contributed by atoms with E-state index in [4.69, 9.17) is 4.74 Å². The first-order chi connectivity index (χ1) is 10.3. The molecule has 6 nitrogen and oxygen atoms in total. The van der Waals surface area contributed by atoms with Crippen molar-refractivity contribution in [3.05, 3.63) is 58.0 Å².